The van der Waals surface area contributed by atoms with Crippen molar-refractivity contribution in [2.24, 2.45) is 14.1 Å². The molecule has 1 atom stereocenters. The molecule has 3 aromatic rings. The fourth-order valence-corrected chi connectivity index (χ4v) is 2.48. The minimum atomic E-state index is -0.785. The number of aliphatic hydroxyl groups is 1. The highest BCUT2D eigenvalue weighted by molar-refractivity contribution is 5.92. The molecular formula is C15H17N5O2. The molecule has 0 saturated carbocycles. The van der Waals surface area contributed by atoms with E-state index in [1.54, 1.807) is 7.05 Å². The third-order valence-electron chi connectivity index (χ3n) is 3.58. The van der Waals surface area contributed by atoms with Gasteiger partial charge in [0.15, 0.2) is 5.69 Å². The second-order valence-corrected chi connectivity index (χ2v) is 5.22. The summed E-state index contributed by atoms with van der Waals surface area (Å²) in [5.74, 6) is -0.354. The molecule has 2 aromatic heterocycles. The Morgan fingerprint density at radius 3 is 2.82 bits per heavy atom. The Morgan fingerprint density at radius 1 is 1.32 bits per heavy atom. The van der Waals surface area contributed by atoms with Crippen LogP contribution in [-0.2, 0) is 14.1 Å². The van der Waals surface area contributed by atoms with Gasteiger partial charge in [0.05, 0.1) is 12.3 Å². The number of carbonyl (C=O) groups is 1. The maximum Gasteiger partial charge on any atom is 0.273 e. The van der Waals surface area contributed by atoms with E-state index in [1.807, 2.05) is 42.1 Å². The molecular weight excluding hydrogens is 282 g/mol. The van der Waals surface area contributed by atoms with Crippen LogP contribution < -0.4 is 5.32 Å². The van der Waals surface area contributed by atoms with Crippen LogP contribution in [0.5, 0.6) is 0 Å². The second kappa shape index (κ2) is 5.61. The number of carbonyl (C=O) groups excluding carboxylic acids is 1. The Morgan fingerprint density at radius 2 is 2.09 bits per heavy atom. The molecule has 2 heterocycles. The first kappa shape index (κ1) is 14.3. The van der Waals surface area contributed by atoms with Crippen LogP contribution >= 0.6 is 0 Å². The zero-order valence-electron chi connectivity index (χ0n) is 12.4. The highest BCUT2D eigenvalue weighted by Crippen LogP contribution is 2.25. The van der Waals surface area contributed by atoms with Gasteiger partial charge in [0.2, 0.25) is 0 Å². The van der Waals surface area contributed by atoms with Gasteiger partial charge in [-0.1, -0.05) is 23.4 Å². The molecule has 0 fully saturated rings. The van der Waals surface area contributed by atoms with Crippen molar-refractivity contribution in [3.63, 3.8) is 0 Å². The number of nitrogens with zero attached hydrogens (tertiary/aromatic N) is 4. The summed E-state index contributed by atoms with van der Waals surface area (Å²) in [6.45, 7) is 0.114. The number of amides is 1. The molecule has 0 aliphatic carbocycles. The topological polar surface area (TPSA) is 85.0 Å². The standard InChI is InChI=1S/C15H17N5O2/c1-19-8-11(10-5-3-4-6-13(10)19)14(21)7-16-15(22)12-9-20(2)18-17-12/h3-6,8-9,14,21H,7H2,1-2H3,(H,16,22)/t14-/m1/s1. The molecule has 1 aromatic carbocycles. The molecule has 7 heteroatoms. The highest BCUT2D eigenvalue weighted by atomic mass is 16.3. The van der Waals surface area contributed by atoms with Crippen molar-refractivity contribution in [3.8, 4) is 0 Å². The van der Waals surface area contributed by atoms with Crippen LogP contribution in [0.15, 0.2) is 36.7 Å². The molecule has 22 heavy (non-hydrogen) atoms. The summed E-state index contributed by atoms with van der Waals surface area (Å²) in [6, 6.07) is 7.83. The molecule has 0 unspecified atom stereocenters. The first-order valence-electron chi connectivity index (χ1n) is 6.93. The van der Waals surface area contributed by atoms with Gasteiger partial charge in [0.1, 0.15) is 0 Å². The molecule has 0 bridgehead atoms. The molecule has 114 valence electrons. The van der Waals surface area contributed by atoms with Gasteiger partial charge in [-0.25, -0.2) is 0 Å². The summed E-state index contributed by atoms with van der Waals surface area (Å²) < 4.78 is 3.41. The molecule has 3 rings (SSSR count). The van der Waals surface area contributed by atoms with Crippen molar-refractivity contribution in [2.75, 3.05) is 6.54 Å². The van der Waals surface area contributed by atoms with E-state index in [2.05, 4.69) is 15.6 Å². The molecule has 0 spiro atoms. The Kier molecular flexibility index (Phi) is 3.64. The minimum Gasteiger partial charge on any atom is -0.386 e. The van der Waals surface area contributed by atoms with E-state index >= 15 is 0 Å². The van der Waals surface area contributed by atoms with Gasteiger partial charge >= 0.3 is 0 Å². The third-order valence-corrected chi connectivity index (χ3v) is 3.58. The van der Waals surface area contributed by atoms with Gasteiger partial charge in [0, 0.05) is 43.3 Å². The smallest absolute Gasteiger partial charge is 0.273 e. The van der Waals surface area contributed by atoms with Crippen molar-refractivity contribution in [1.29, 1.82) is 0 Å². The van der Waals surface area contributed by atoms with Crippen LogP contribution in [-0.4, -0.2) is 37.1 Å². The summed E-state index contributed by atoms with van der Waals surface area (Å²) in [5.41, 5.74) is 2.06. The second-order valence-electron chi connectivity index (χ2n) is 5.22. The van der Waals surface area contributed by atoms with E-state index < -0.39 is 6.10 Å². The van der Waals surface area contributed by atoms with Crippen LogP contribution in [0.4, 0.5) is 0 Å². The predicted octanol–water partition coefficient (Wildman–Crippen LogP) is 0.770. The molecule has 2 N–H and O–H groups in total. The maximum absolute atomic E-state index is 11.9. The average molecular weight is 299 g/mol. The zero-order valence-corrected chi connectivity index (χ0v) is 12.4. The summed E-state index contributed by atoms with van der Waals surface area (Å²) >= 11 is 0. The van der Waals surface area contributed by atoms with Crippen molar-refractivity contribution in [2.45, 2.75) is 6.10 Å². The fraction of sp³-hybridized carbons (Fsp3) is 0.267. The van der Waals surface area contributed by atoms with Crippen molar-refractivity contribution < 1.29 is 9.90 Å². The Hall–Kier alpha value is -2.67. The molecule has 7 nitrogen and oxygen atoms in total. The van der Waals surface area contributed by atoms with E-state index in [-0.39, 0.29) is 18.1 Å². The fourth-order valence-electron chi connectivity index (χ4n) is 2.48. The normalized spacial score (nSPS) is 12.5. The third kappa shape index (κ3) is 2.58. The number of aryl methyl sites for hydroxylation is 2. The molecule has 0 aliphatic rings. The quantitative estimate of drug-likeness (QED) is 0.745. The number of rotatable bonds is 4. The lowest BCUT2D eigenvalue weighted by Crippen LogP contribution is -2.28. The lowest BCUT2D eigenvalue weighted by Gasteiger charge is -2.10. The Bertz CT molecular complexity index is 820. The van der Waals surface area contributed by atoms with Gasteiger partial charge in [0.25, 0.3) is 5.91 Å². The molecule has 0 aliphatic heterocycles. The van der Waals surface area contributed by atoms with Gasteiger partial charge in [-0.15, -0.1) is 5.10 Å². The number of aliphatic hydroxyl groups excluding tert-OH is 1. The summed E-state index contributed by atoms with van der Waals surface area (Å²) in [5, 5.41) is 21.5. The lowest BCUT2D eigenvalue weighted by molar-refractivity contribution is 0.0912. The first-order valence-corrected chi connectivity index (χ1v) is 6.93. The monoisotopic (exact) mass is 299 g/mol. The maximum atomic E-state index is 11.9. The van der Waals surface area contributed by atoms with E-state index in [4.69, 9.17) is 0 Å². The van der Waals surface area contributed by atoms with Crippen LogP contribution in [0.1, 0.15) is 22.2 Å². The number of aromatic nitrogens is 4. The van der Waals surface area contributed by atoms with Crippen LogP contribution in [0.2, 0.25) is 0 Å². The van der Waals surface area contributed by atoms with E-state index in [9.17, 15) is 9.90 Å². The molecule has 1 amide bonds. The van der Waals surface area contributed by atoms with Gasteiger partial charge in [-0.05, 0) is 6.07 Å². The van der Waals surface area contributed by atoms with Crippen LogP contribution in [0, 0.1) is 0 Å². The summed E-state index contributed by atoms with van der Waals surface area (Å²) in [4.78, 5) is 11.9. The average Bonchev–Trinajstić information content (AvgIpc) is 3.09. The van der Waals surface area contributed by atoms with Crippen molar-refractivity contribution >= 4 is 16.8 Å². The van der Waals surface area contributed by atoms with Crippen LogP contribution in [0.3, 0.4) is 0 Å². The SMILES string of the molecule is Cn1cc(C(=O)NC[C@@H](O)c2cn(C)c3ccccc23)nn1. The van der Waals surface area contributed by atoms with Gasteiger partial charge in [-0.2, -0.15) is 0 Å². The van der Waals surface area contributed by atoms with E-state index in [0.29, 0.717) is 0 Å². The Balaban J connectivity index is 1.74. The largest absolute Gasteiger partial charge is 0.386 e. The van der Waals surface area contributed by atoms with E-state index in [1.165, 1.54) is 10.9 Å². The molecule has 0 radical (unpaired) electrons. The number of hydrogen-bond acceptors (Lipinski definition) is 4. The first-order chi connectivity index (χ1) is 10.6. The summed E-state index contributed by atoms with van der Waals surface area (Å²) in [7, 11) is 3.62. The van der Waals surface area contributed by atoms with Crippen molar-refractivity contribution in [1.82, 2.24) is 24.9 Å². The van der Waals surface area contributed by atoms with E-state index in [0.717, 1.165) is 16.5 Å². The number of fused-ring (bicyclic) bond motifs is 1. The molecule has 0 saturated heterocycles. The number of hydrogen-bond donors (Lipinski definition) is 2. The summed E-state index contributed by atoms with van der Waals surface area (Å²) in [6.07, 6.45) is 2.62. The number of nitrogens with one attached hydrogen (secondary N) is 1. The van der Waals surface area contributed by atoms with Gasteiger partial charge in [-0.3, -0.25) is 9.48 Å². The van der Waals surface area contributed by atoms with Crippen molar-refractivity contribution in [3.05, 3.63) is 47.9 Å². The number of benzene rings is 1. The number of para-hydroxylation sites is 1. The highest BCUT2D eigenvalue weighted by Gasteiger charge is 2.17. The predicted molar refractivity (Wildman–Crippen MR) is 81.2 cm³/mol. The zero-order chi connectivity index (χ0) is 15.7. The van der Waals surface area contributed by atoms with Gasteiger partial charge < -0.3 is 15.0 Å². The lowest BCUT2D eigenvalue weighted by atomic mass is 10.1. The minimum absolute atomic E-state index is 0.114. The van der Waals surface area contributed by atoms with Crippen LogP contribution in [0.25, 0.3) is 10.9 Å². The Labute approximate surface area is 127 Å².